The summed E-state index contributed by atoms with van der Waals surface area (Å²) >= 11 is 0. The standard InChI is InChI=1S/C23H15F5NO/c1-14(30)29-13-15-2-3-18(23(26,27)28)12-21(15)22(29,16-4-8-19(24)9-5-16)17-6-10-20(25)11-7-17/h2-12H,1,13H2. The molecule has 2 nitrogen and oxygen atoms in total. The molecule has 0 atom stereocenters. The molecule has 7 heteroatoms. The first-order valence-corrected chi connectivity index (χ1v) is 9.00. The van der Waals surface area contributed by atoms with Crippen LogP contribution < -0.4 is 0 Å². The summed E-state index contributed by atoms with van der Waals surface area (Å²) in [6.07, 6.45) is -4.60. The van der Waals surface area contributed by atoms with Crippen LogP contribution in [0, 0.1) is 18.6 Å². The van der Waals surface area contributed by atoms with Gasteiger partial charge in [0, 0.05) is 13.5 Å². The molecule has 0 unspecified atom stereocenters. The molecule has 0 bridgehead atoms. The fraction of sp³-hybridized carbons (Fsp3) is 0.130. The summed E-state index contributed by atoms with van der Waals surface area (Å²) < 4.78 is 67.7. The van der Waals surface area contributed by atoms with Gasteiger partial charge in [-0.3, -0.25) is 4.79 Å². The van der Waals surface area contributed by atoms with Crippen LogP contribution in [0.25, 0.3) is 0 Å². The van der Waals surface area contributed by atoms with Gasteiger partial charge in [0.05, 0.1) is 5.56 Å². The van der Waals surface area contributed by atoms with Gasteiger partial charge in [-0.05, 0) is 58.7 Å². The van der Waals surface area contributed by atoms with Crippen LogP contribution in [-0.2, 0) is 23.1 Å². The molecule has 3 aromatic carbocycles. The van der Waals surface area contributed by atoms with E-state index in [1.165, 1.54) is 35.2 Å². The molecule has 0 aliphatic carbocycles. The molecule has 0 saturated carbocycles. The van der Waals surface area contributed by atoms with Crippen molar-refractivity contribution in [3.8, 4) is 0 Å². The van der Waals surface area contributed by atoms with Crippen molar-refractivity contribution in [1.82, 2.24) is 4.90 Å². The van der Waals surface area contributed by atoms with E-state index in [0.29, 0.717) is 16.7 Å². The maximum absolute atomic E-state index is 13.6. The summed E-state index contributed by atoms with van der Waals surface area (Å²) in [7, 11) is 0. The SMILES string of the molecule is [CH2]C(=O)N1Cc2ccc(C(F)(F)F)cc2C1(c1ccc(F)cc1)c1ccc(F)cc1. The molecule has 1 heterocycles. The Hall–Kier alpha value is -3.22. The van der Waals surface area contributed by atoms with Gasteiger partial charge in [-0.1, -0.05) is 30.3 Å². The number of rotatable bonds is 2. The number of halogens is 5. The smallest absolute Gasteiger partial charge is 0.320 e. The average molecular weight is 416 g/mol. The number of nitrogens with zero attached hydrogens (tertiary/aromatic N) is 1. The maximum Gasteiger partial charge on any atom is 0.416 e. The number of hydrogen-bond donors (Lipinski definition) is 0. The summed E-state index contributed by atoms with van der Waals surface area (Å²) in [5.74, 6) is -1.71. The van der Waals surface area contributed by atoms with Crippen LogP contribution in [0.3, 0.4) is 0 Å². The highest BCUT2D eigenvalue weighted by Crippen LogP contribution is 2.50. The largest absolute Gasteiger partial charge is 0.416 e. The van der Waals surface area contributed by atoms with Crippen molar-refractivity contribution >= 4 is 5.91 Å². The van der Waals surface area contributed by atoms with Gasteiger partial charge in [0.25, 0.3) is 0 Å². The number of carbonyl (C=O) groups excluding carboxylic acids is 1. The molecule has 4 rings (SSSR count). The Bertz CT molecular complexity index is 1060. The highest BCUT2D eigenvalue weighted by Gasteiger charge is 2.50. The number of alkyl halides is 3. The Kier molecular flexibility index (Phi) is 4.64. The van der Waals surface area contributed by atoms with E-state index in [1.54, 1.807) is 0 Å². The third-order valence-corrected chi connectivity index (χ3v) is 5.39. The molecular formula is C23H15F5NO. The summed E-state index contributed by atoms with van der Waals surface area (Å²) in [5, 5.41) is 0. The molecule has 0 saturated heterocycles. The van der Waals surface area contributed by atoms with Crippen molar-refractivity contribution in [2.75, 3.05) is 0 Å². The first-order valence-electron chi connectivity index (χ1n) is 9.00. The highest BCUT2D eigenvalue weighted by molar-refractivity contribution is 5.84. The van der Waals surface area contributed by atoms with Gasteiger partial charge in [-0.2, -0.15) is 13.2 Å². The molecule has 0 fully saturated rings. The van der Waals surface area contributed by atoms with Crippen molar-refractivity contribution in [3.05, 3.63) is 113 Å². The lowest BCUT2D eigenvalue weighted by Gasteiger charge is -2.40. The third kappa shape index (κ3) is 3.05. The highest BCUT2D eigenvalue weighted by atomic mass is 19.4. The lowest BCUT2D eigenvalue weighted by Crippen LogP contribution is -2.45. The van der Waals surface area contributed by atoms with Gasteiger partial charge in [-0.15, -0.1) is 0 Å². The fourth-order valence-electron chi connectivity index (χ4n) is 4.11. The molecule has 153 valence electrons. The molecule has 1 aliphatic rings. The van der Waals surface area contributed by atoms with Crippen molar-refractivity contribution in [2.45, 2.75) is 18.3 Å². The van der Waals surface area contributed by atoms with Crippen LogP contribution in [0.1, 0.15) is 27.8 Å². The molecule has 0 spiro atoms. The van der Waals surface area contributed by atoms with Crippen molar-refractivity contribution in [1.29, 1.82) is 0 Å². The van der Waals surface area contributed by atoms with Crippen LogP contribution in [0.5, 0.6) is 0 Å². The fourth-order valence-corrected chi connectivity index (χ4v) is 4.11. The van der Waals surface area contributed by atoms with E-state index < -0.39 is 34.8 Å². The number of amides is 1. The quantitative estimate of drug-likeness (QED) is 0.509. The third-order valence-electron chi connectivity index (χ3n) is 5.39. The first kappa shape index (κ1) is 20.1. The molecule has 0 N–H and O–H groups in total. The lowest BCUT2D eigenvalue weighted by molar-refractivity contribution is -0.137. The van der Waals surface area contributed by atoms with Crippen molar-refractivity contribution < 1.29 is 26.7 Å². The number of benzene rings is 3. The summed E-state index contributed by atoms with van der Waals surface area (Å²) in [6.45, 7) is 3.48. The maximum atomic E-state index is 13.6. The molecule has 1 amide bonds. The van der Waals surface area contributed by atoms with Crippen LogP contribution in [0.2, 0.25) is 0 Å². The Morgan fingerprint density at radius 3 is 1.80 bits per heavy atom. The topological polar surface area (TPSA) is 20.3 Å². The zero-order valence-electron chi connectivity index (χ0n) is 15.5. The normalized spacial score (nSPS) is 15.2. The van der Waals surface area contributed by atoms with Gasteiger partial charge < -0.3 is 4.90 Å². The van der Waals surface area contributed by atoms with E-state index in [0.717, 1.165) is 36.4 Å². The van der Waals surface area contributed by atoms with Crippen molar-refractivity contribution in [3.63, 3.8) is 0 Å². The Morgan fingerprint density at radius 1 is 0.867 bits per heavy atom. The Morgan fingerprint density at radius 2 is 1.37 bits per heavy atom. The van der Waals surface area contributed by atoms with Gasteiger partial charge in [0.15, 0.2) is 0 Å². The predicted octanol–water partition coefficient (Wildman–Crippen LogP) is 5.45. The van der Waals surface area contributed by atoms with Crippen LogP contribution in [0.4, 0.5) is 22.0 Å². The van der Waals surface area contributed by atoms with Crippen LogP contribution in [0.15, 0.2) is 66.7 Å². The second-order valence-corrected chi connectivity index (χ2v) is 7.07. The minimum atomic E-state index is -4.60. The molecule has 1 aliphatic heterocycles. The molecule has 3 aromatic rings. The van der Waals surface area contributed by atoms with E-state index in [9.17, 15) is 26.7 Å². The van der Waals surface area contributed by atoms with Gasteiger partial charge in [0.2, 0.25) is 5.91 Å². The first-order chi connectivity index (χ1) is 14.1. The zero-order valence-corrected chi connectivity index (χ0v) is 15.5. The van der Waals surface area contributed by atoms with Gasteiger partial charge in [-0.25, -0.2) is 8.78 Å². The number of fused-ring (bicyclic) bond motifs is 1. The molecule has 30 heavy (non-hydrogen) atoms. The summed E-state index contributed by atoms with van der Waals surface area (Å²) in [5.41, 5.74) is -0.956. The predicted molar refractivity (Wildman–Crippen MR) is 100 cm³/mol. The number of carbonyl (C=O) groups is 1. The lowest BCUT2D eigenvalue weighted by atomic mass is 9.76. The Balaban J connectivity index is 2.10. The monoisotopic (exact) mass is 416 g/mol. The molecular weight excluding hydrogens is 401 g/mol. The summed E-state index contributed by atoms with van der Waals surface area (Å²) in [6, 6.07) is 13.6. The second kappa shape index (κ2) is 6.93. The minimum Gasteiger partial charge on any atom is -0.320 e. The molecule has 1 radical (unpaired) electrons. The molecule has 0 aromatic heterocycles. The Labute approximate surface area is 169 Å². The zero-order chi connectivity index (χ0) is 21.7. The average Bonchev–Trinajstić information content (AvgIpc) is 3.04. The second-order valence-electron chi connectivity index (χ2n) is 7.07. The van der Waals surface area contributed by atoms with Crippen LogP contribution in [-0.4, -0.2) is 10.8 Å². The van der Waals surface area contributed by atoms with E-state index >= 15 is 0 Å². The van der Waals surface area contributed by atoms with E-state index in [2.05, 4.69) is 6.92 Å². The minimum absolute atomic E-state index is 0.00452. The van der Waals surface area contributed by atoms with E-state index in [-0.39, 0.29) is 12.1 Å². The summed E-state index contributed by atoms with van der Waals surface area (Å²) in [4.78, 5) is 13.9. The van der Waals surface area contributed by atoms with Crippen LogP contribution >= 0.6 is 0 Å². The van der Waals surface area contributed by atoms with Gasteiger partial charge >= 0.3 is 6.18 Å². The van der Waals surface area contributed by atoms with Crippen molar-refractivity contribution in [2.24, 2.45) is 0 Å². The van der Waals surface area contributed by atoms with E-state index in [1.807, 2.05) is 0 Å². The van der Waals surface area contributed by atoms with Gasteiger partial charge in [0.1, 0.15) is 17.2 Å². The van der Waals surface area contributed by atoms with E-state index in [4.69, 9.17) is 0 Å². The number of hydrogen-bond acceptors (Lipinski definition) is 1.